The molecule has 0 saturated carbocycles. The van der Waals surface area contributed by atoms with E-state index in [0.717, 1.165) is 13.0 Å². The number of nitro benzene ring substituents is 1. The molecule has 0 heterocycles. The molecule has 0 radical (unpaired) electrons. The number of carbonyl (C=O) groups is 3. The smallest absolute Gasteiger partial charge is 0.339 e. The lowest BCUT2D eigenvalue weighted by Gasteiger charge is -2.24. The van der Waals surface area contributed by atoms with Crippen LogP contribution in [0.25, 0.3) is 0 Å². The maximum absolute atomic E-state index is 12.9. The van der Waals surface area contributed by atoms with Gasteiger partial charge in [0.2, 0.25) is 5.75 Å². The Morgan fingerprint density at radius 1 is 1.04 bits per heavy atom. The molecule has 1 aliphatic carbocycles. The molecule has 0 spiro atoms. The van der Waals surface area contributed by atoms with Crippen LogP contribution >= 0.6 is 0 Å². The van der Waals surface area contributed by atoms with Gasteiger partial charge in [0.25, 0.3) is 0 Å². The molecular formula is C16H11N3O8. The number of rotatable bonds is 2. The van der Waals surface area contributed by atoms with Gasteiger partial charge in [-0.2, -0.15) is 0 Å². The highest BCUT2D eigenvalue weighted by molar-refractivity contribution is 6.34. The van der Waals surface area contributed by atoms with Crippen LogP contribution in [0.4, 0.5) is 17.1 Å². The lowest BCUT2D eigenvalue weighted by Crippen LogP contribution is -2.26. The third kappa shape index (κ3) is 2.11. The summed E-state index contributed by atoms with van der Waals surface area (Å²) in [6.45, 7) is 1.16. The summed E-state index contributed by atoms with van der Waals surface area (Å²) in [5.74, 6) is -5.62. The van der Waals surface area contributed by atoms with Gasteiger partial charge >= 0.3 is 11.7 Å². The largest absolute Gasteiger partial charge is 0.505 e. The van der Waals surface area contributed by atoms with E-state index in [1.165, 1.54) is 0 Å². The normalized spacial score (nSPS) is 12.5. The summed E-state index contributed by atoms with van der Waals surface area (Å²) in [6.07, 6.45) is 0. The van der Waals surface area contributed by atoms with Crippen molar-refractivity contribution in [2.75, 3.05) is 11.5 Å². The van der Waals surface area contributed by atoms with Gasteiger partial charge in [-0.3, -0.25) is 19.7 Å². The van der Waals surface area contributed by atoms with Gasteiger partial charge in [-0.05, 0) is 12.5 Å². The number of carbonyl (C=O) groups excluding carboxylic acids is 2. The SMILES string of the molecule is Cc1c(C(=O)O)c(O)c(N)c2c1C(=O)c1c(O)c([N+](=O)[O-])cc(N)c1C2=O. The minimum absolute atomic E-state index is 0.280. The zero-order valence-corrected chi connectivity index (χ0v) is 13.6. The minimum atomic E-state index is -1.60. The predicted molar refractivity (Wildman–Crippen MR) is 90.3 cm³/mol. The number of hydrogen-bond donors (Lipinski definition) is 5. The third-order valence-corrected chi connectivity index (χ3v) is 4.39. The van der Waals surface area contributed by atoms with Crippen LogP contribution in [0.3, 0.4) is 0 Å². The fraction of sp³-hybridized carbons (Fsp3) is 0.0625. The number of aromatic carboxylic acids is 1. The van der Waals surface area contributed by atoms with Gasteiger partial charge in [0.15, 0.2) is 17.3 Å². The summed E-state index contributed by atoms with van der Waals surface area (Å²) in [6, 6.07) is 0.721. The van der Waals surface area contributed by atoms with Crippen molar-refractivity contribution in [2.45, 2.75) is 6.92 Å². The topological polar surface area (TPSA) is 207 Å². The van der Waals surface area contributed by atoms with E-state index in [1.807, 2.05) is 0 Å². The Kier molecular flexibility index (Phi) is 3.55. The van der Waals surface area contributed by atoms with Gasteiger partial charge in [-0.1, -0.05) is 0 Å². The quantitative estimate of drug-likeness (QED) is 0.141. The molecule has 138 valence electrons. The summed E-state index contributed by atoms with van der Waals surface area (Å²) >= 11 is 0. The van der Waals surface area contributed by atoms with E-state index in [2.05, 4.69) is 0 Å². The number of nitro groups is 1. The Balaban J connectivity index is 2.50. The molecule has 2 aromatic carbocycles. The van der Waals surface area contributed by atoms with Crippen LogP contribution in [0.5, 0.6) is 11.5 Å². The fourth-order valence-corrected chi connectivity index (χ4v) is 3.19. The van der Waals surface area contributed by atoms with Crippen LogP contribution in [0.2, 0.25) is 0 Å². The number of nitrogens with zero attached hydrogens (tertiary/aromatic N) is 1. The number of nitrogen functional groups attached to an aromatic ring is 2. The number of fused-ring (bicyclic) bond motifs is 2. The number of ketones is 2. The highest BCUT2D eigenvalue weighted by atomic mass is 16.6. The summed E-state index contributed by atoms with van der Waals surface area (Å²) in [5.41, 5.74) is 6.22. The molecule has 0 bridgehead atoms. The molecule has 2 aromatic rings. The number of carboxylic acids is 1. The van der Waals surface area contributed by atoms with Crippen molar-refractivity contribution in [1.82, 2.24) is 0 Å². The van der Waals surface area contributed by atoms with E-state index < -0.39 is 78.8 Å². The second kappa shape index (κ2) is 5.42. The number of aromatic hydroxyl groups is 2. The maximum Gasteiger partial charge on any atom is 0.339 e. The van der Waals surface area contributed by atoms with Crippen molar-refractivity contribution in [2.24, 2.45) is 0 Å². The predicted octanol–water partition coefficient (Wildman–Crippen LogP) is 0.952. The van der Waals surface area contributed by atoms with Crippen LogP contribution in [0.15, 0.2) is 6.07 Å². The van der Waals surface area contributed by atoms with Crippen molar-refractivity contribution < 1.29 is 34.6 Å². The number of phenols is 2. The van der Waals surface area contributed by atoms with Crippen LogP contribution in [0, 0.1) is 17.0 Å². The van der Waals surface area contributed by atoms with Gasteiger partial charge in [-0.25, -0.2) is 4.79 Å². The van der Waals surface area contributed by atoms with Crippen LogP contribution in [-0.4, -0.2) is 37.8 Å². The van der Waals surface area contributed by atoms with E-state index in [4.69, 9.17) is 11.5 Å². The van der Waals surface area contributed by atoms with E-state index in [-0.39, 0.29) is 5.56 Å². The molecule has 0 saturated heterocycles. The van der Waals surface area contributed by atoms with Gasteiger partial charge in [0.05, 0.1) is 33.0 Å². The van der Waals surface area contributed by atoms with Crippen molar-refractivity contribution in [3.63, 3.8) is 0 Å². The van der Waals surface area contributed by atoms with Crippen molar-refractivity contribution in [3.8, 4) is 11.5 Å². The fourth-order valence-electron chi connectivity index (χ4n) is 3.19. The van der Waals surface area contributed by atoms with Crippen LogP contribution < -0.4 is 11.5 Å². The highest BCUT2D eigenvalue weighted by Gasteiger charge is 2.41. The highest BCUT2D eigenvalue weighted by Crippen LogP contribution is 2.46. The van der Waals surface area contributed by atoms with E-state index >= 15 is 0 Å². The standard InChI is InChI=1S/C16H11N3O8/c1-3-6-9(11(18)15(23)7(3)16(24)25)14(22)8-4(17)2-5(19(26)27)12(20)10(8)13(6)21/h2,20,23H,17-18H2,1H3,(H,24,25). The molecule has 7 N–H and O–H groups in total. The lowest BCUT2D eigenvalue weighted by molar-refractivity contribution is -0.385. The van der Waals surface area contributed by atoms with E-state index in [1.54, 1.807) is 0 Å². The molecule has 3 rings (SSSR count). The second-order valence-electron chi connectivity index (χ2n) is 5.82. The molecule has 0 aliphatic heterocycles. The first kappa shape index (κ1) is 17.7. The summed E-state index contributed by atoms with van der Waals surface area (Å²) in [4.78, 5) is 47.3. The molecule has 11 nitrogen and oxygen atoms in total. The number of hydrogen-bond acceptors (Lipinski definition) is 9. The first-order valence-corrected chi connectivity index (χ1v) is 7.28. The average Bonchev–Trinajstić information content (AvgIpc) is 2.57. The van der Waals surface area contributed by atoms with E-state index in [0.29, 0.717) is 0 Å². The van der Waals surface area contributed by atoms with Crippen LogP contribution in [-0.2, 0) is 0 Å². The van der Waals surface area contributed by atoms with Gasteiger partial charge in [0.1, 0.15) is 5.56 Å². The van der Waals surface area contributed by atoms with Crippen LogP contribution in [0.1, 0.15) is 47.8 Å². The lowest BCUT2D eigenvalue weighted by atomic mass is 9.78. The monoisotopic (exact) mass is 373 g/mol. The second-order valence-corrected chi connectivity index (χ2v) is 5.82. The van der Waals surface area contributed by atoms with Gasteiger partial charge in [-0.15, -0.1) is 0 Å². The molecule has 0 unspecified atom stereocenters. The molecule has 11 heteroatoms. The first-order chi connectivity index (χ1) is 12.5. The van der Waals surface area contributed by atoms with Crippen molar-refractivity contribution in [1.29, 1.82) is 0 Å². The average molecular weight is 373 g/mol. The Bertz CT molecular complexity index is 1120. The number of carboxylic acid groups (broad SMARTS) is 1. The molecule has 1 aliphatic rings. The number of nitrogens with two attached hydrogens (primary N) is 2. The molecule has 27 heavy (non-hydrogen) atoms. The van der Waals surface area contributed by atoms with Gasteiger partial charge < -0.3 is 26.8 Å². The summed E-state index contributed by atoms with van der Waals surface area (Å²) in [7, 11) is 0. The van der Waals surface area contributed by atoms with Crippen molar-refractivity contribution >= 4 is 34.6 Å². The molecule has 0 atom stereocenters. The number of phenolic OH excluding ortho intramolecular Hbond substituents is 1. The van der Waals surface area contributed by atoms with Gasteiger partial charge in [0, 0.05) is 11.6 Å². The molecule has 0 amide bonds. The zero-order valence-electron chi connectivity index (χ0n) is 13.6. The number of anilines is 2. The maximum atomic E-state index is 12.9. The molecule has 0 fully saturated rings. The minimum Gasteiger partial charge on any atom is -0.505 e. The first-order valence-electron chi connectivity index (χ1n) is 7.28. The zero-order chi connectivity index (χ0) is 20.4. The molecule has 0 aromatic heterocycles. The third-order valence-electron chi connectivity index (χ3n) is 4.39. The van der Waals surface area contributed by atoms with E-state index in [9.17, 15) is 39.8 Å². The Morgan fingerprint density at radius 2 is 1.59 bits per heavy atom. The summed E-state index contributed by atoms with van der Waals surface area (Å²) < 4.78 is 0. The molecular weight excluding hydrogens is 362 g/mol. The Labute approximate surface area is 149 Å². The Hall–Kier alpha value is -4.15. The Morgan fingerprint density at radius 3 is 2.11 bits per heavy atom. The van der Waals surface area contributed by atoms with Crippen molar-refractivity contribution in [3.05, 3.63) is 49.6 Å². The summed E-state index contributed by atoms with van der Waals surface area (Å²) in [5, 5.41) is 40.6. The number of benzene rings is 2.